The number of nitrogens with one attached hydrogen (secondary N) is 1. The molecule has 2 heterocycles. The maximum atomic E-state index is 12.1. The molecule has 3 aromatic rings. The van der Waals surface area contributed by atoms with Crippen LogP contribution in [0.2, 0.25) is 0 Å². The van der Waals surface area contributed by atoms with Gasteiger partial charge in [-0.3, -0.25) is 4.79 Å². The van der Waals surface area contributed by atoms with Gasteiger partial charge >= 0.3 is 0 Å². The molecule has 0 aliphatic heterocycles. The number of benzene rings is 1. The molecule has 0 aliphatic rings. The normalized spacial score (nSPS) is 10.6. The van der Waals surface area contributed by atoms with Crippen molar-refractivity contribution in [1.82, 2.24) is 15.4 Å². The van der Waals surface area contributed by atoms with E-state index in [1.807, 2.05) is 31.2 Å². The molecule has 1 aromatic carbocycles. The van der Waals surface area contributed by atoms with Crippen molar-refractivity contribution in [3.8, 4) is 17.1 Å². The van der Waals surface area contributed by atoms with Gasteiger partial charge in [-0.15, -0.1) is 10.2 Å². The van der Waals surface area contributed by atoms with E-state index in [1.165, 1.54) is 11.3 Å². The van der Waals surface area contributed by atoms with Crippen LogP contribution in [0.1, 0.15) is 12.6 Å². The van der Waals surface area contributed by atoms with Crippen LogP contribution in [0, 0.1) is 0 Å². The Labute approximate surface area is 152 Å². The Hall–Kier alpha value is -2.39. The Kier molecular flexibility index (Phi) is 5.67. The van der Waals surface area contributed by atoms with Crippen molar-refractivity contribution < 1.29 is 14.1 Å². The van der Waals surface area contributed by atoms with Crippen molar-refractivity contribution >= 4 is 34.1 Å². The standard InChI is InChI=1S/C16H16N4O3S2/c1-3-24-16-19-18-15(25-16)17-14(21)9-11-8-13(23-20-11)10-5-4-6-12(7-10)22-2/h4-8H,3,9H2,1-2H3,(H,17,18,21). The minimum atomic E-state index is -0.213. The lowest BCUT2D eigenvalue weighted by Crippen LogP contribution is -2.14. The molecule has 0 fully saturated rings. The molecular weight excluding hydrogens is 360 g/mol. The van der Waals surface area contributed by atoms with Crippen LogP contribution in [0.4, 0.5) is 5.13 Å². The van der Waals surface area contributed by atoms with Crippen LogP contribution in [0.3, 0.4) is 0 Å². The van der Waals surface area contributed by atoms with Crippen molar-refractivity contribution in [1.29, 1.82) is 0 Å². The first-order chi connectivity index (χ1) is 12.2. The molecule has 0 spiro atoms. The van der Waals surface area contributed by atoms with Crippen LogP contribution < -0.4 is 10.1 Å². The van der Waals surface area contributed by atoms with Gasteiger partial charge in [0.05, 0.1) is 19.2 Å². The Morgan fingerprint density at radius 3 is 3.04 bits per heavy atom. The average molecular weight is 376 g/mol. The first kappa shape index (κ1) is 17.4. The van der Waals surface area contributed by atoms with Crippen molar-refractivity contribution in [3.05, 3.63) is 36.0 Å². The van der Waals surface area contributed by atoms with Crippen molar-refractivity contribution in [2.24, 2.45) is 0 Å². The Morgan fingerprint density at radius 1 is 1.36 bits per heavy atom. The minimum Gasteiger partial charge on any atom is -0.497 e. The quantitative estimate of drug-likeness (QED) is 0.498. The molecule has 0 saturated heterocycles. The minimum absolute atomic E-state index is 0.100. The van der Waals surface area contributed by atoms with Gasteiger partial charge in [0.25, 0.3) is 0 Å². The second-order valence-corrected chi connectivity index (χ2v) is 7.43. The van der Waals surface area contributed by atoms with E-state index in [2.05, 4.69) is 20.7 Å². The summed E-state index contributed by atoms with van der Waals surface area (Å²) >= 11 is 2.94. The van der Waals surface area contributed by atoms with E-state index in [0.29, 0.717) is 16.6 Å². The molecule has 25 heavy (non-hydrogen) atoms. The monoisotopic (exact) mass is 376 g/mol. The van der Waals surface area contributed by atoms with E-state index in [1.54, 1.807) is 24.9 Å². The van der Waals surface area contributed by atoms with E-state index in [9.17, 15) is 4.79 Å². The van der Waals surface area contributed by atoms with Crippen molar-refractivity contribution in [3.63, 3.8) is 0 Å². The second kappa shape index (κ2) is 8.13. The SMILES string of the molecule is CCSc1nnc(NC(=O)Cc2cc(-c3cccc(OC)c3)on2)s1. The van der Waals surface area contributed by atoms with E-state index in [-0.39, 0.29) is 12.3 Å². The van der Waals surface area contributed by atoms with Gasteiger partial charge < -0.3 is 14.6 Å². The van der Waals surface area contributed by atoms with Crippen LogP contribution in [0.5, 0.6) is 5.75 Å². The molecule has 130 valence electrons. The van der Waals surface area contributed by atoms with Crippen molar-refractivity contribution in [2.45, 2.75) is 17.7 Å². The number of amides is 1. The summed E-state index contributed by atoms with van der Waals surface area (Å²) in [7, 11) is 1.60. The molecule has 1 amide bonds. The number of nitrogens with zero attached hydrogens (tertiary/aromatic N) is 3. The van der Waals surface area contributed by atoms with Gasteiger partial charge in [0.15, 0.2) is 10.1 Å². The Bertz CT molecular complexity index is 862. The Balaban J connectivity index is 1.63. The van der Waals surface area contributed by atoms with Gasteiger partial charge in [0.1, 0.15) is 5.75 Å². The summed E-state index contributed by atoms with van der Waals surface area (Å²) in [6, 6.07) is 9.19. The molecule has 1 N–H and O–H groups in total. The summed E-state index contributed by atoms with van der Waals surface area (Å²) in [6.07, 6.45) is 0.100. The number of hydrogen-bond donors (Lipinski definition) is 1. The number of anilines is 1. The lowest BCUT2D eigenvalue weighted by Gasteiger charge is -2.00. The van der Waals surface area contributed by atoms with Gasteiger partial charge in [-0.05, 0) is 17.9 Å². The Morgan fingerprint density at radius 2 is 2.24 bits per heavy atom. The zero-order valence-electron chi connectivity index (χ0n) is 13.7. The van der Waals surface area contributed by atoms with E-state index in [0.717, 1.165) is 21.4 Å². The van der Waals surface area contributed by atoms with Crippen LogP contribution in [0.15, 0.2) is 39.2 Å². The summed E-state index contributed by atoms with van der Waals surface area (Å²) in [5, 5.41) is 15.1. The summed E-state index contributed by atoms with van der Waals surface area (Å²) in [5.74, 6) is 2.01. The molecule has 0 atom stereocenters. The van der Waals surface area contributed by atoms with Gasteiger partial charge in [0, 0.05) is 11.6 Å². The predicted molar refractivity (Wildman–Crippen MR) is 97.1 cm³/mol. The summed E-state index contributed by atoms with van der Waals surface area (Å²) in [6.45, 7) is 2.04. The van der Waals surface area contributed by atoms with Gasteiger partial charge in [0.2, 0.25) is 11.0 Å². The molecule has 0 unspecified atom stereocenters. The highest BCUT2D eigenvalue weighted by atomic mass is 32.2. The number of ether oxygens (including phenoxy) is 1. The third kappa shape index (κ3) is 4.58. The van der Waals surface area contributed by atoms with Crippen LogP contribution in [0.25, 0.3) is 11.3 Å². The molecule has 3 rings (SSSR count). The van der Waals surface area contributed by atoms with Crippen LogP contribution in [-0.2, 0) is 11.2 Å². The molecule has 0 saturated carbocycles. The zero-order valence-corrected chi connectivity index (χ0v) is 15.3. The summed E-state index contributed by atoms with van der Waals surface area (Å²) in [5.41, 5.74) is 1.38. The summed E-state index contributed by atoms with van der Waals surface area (Å²) < 4.78 is 11.3. The van der Waals surface area contributed by atoms with Gasteiger partial charge in [-0.25, -0.2) is 0 Å². The highest BCUT2D eigenvalue weighted by molar-refractivity contribution is 8.01. The molecular formula is C16H16N4O3S2. The van der Waals surface area contributed by atoms with Crippen LogP contribution in [-0.4, -0.2) is 34.1 Å². The smallest absolute Gasteiger partial charge is 0.232 e. The van der Waals surface area contributed by atoms with E-state index < -0.39 is 0 Å². The number of rotatable bonds is 7. The highest BCUT2D eigenvalue weighted by Crippen LogP contribution is 2.26. The fourth-order valence-electron chi connectivity index (χ4n) is 2.08. The predicted octanol–water partition coefficient (Wildman–Crippen LogP) is 3.49. The fourth-order valence-corrected chi connectivity index (χ4v) is 3.74. The van der Waals surface area contributed by atoms with Crippen LogP contribution >= 0.6 is 23.1 Å². The molecule has 7 nitrogen and oxygen atoms in total. The number of carbonyl (C=O) groups is 1. The number of thioether (sulfide) groups is 1. The third-order valence-electron chi connectivity index (χ3n) is 3.18. The first-order valence-corrected chi connectivity index (χ1v) is 9.34. The maximum Gasteiger partial charge on any atom is 0.232 e. The summed E-state index contributed by atoms with van der Waals surface area (Å²) in [4.78, 5) is 12.1. The molecule has 9 heteroatoms. The molecule has 2 aromatic heterocycles. The third-order valence-corrected chi connectivity index (χ3v) is 5.03. The number of methoxy groups -OCH3 is 1. The number of carbonyl (C=O) groups excluding carboxylic acids is 1. The molecule has 0 bridgehead atoms. The van der Waals surface area contributed by atoms with Gasteiger partial charge in [-0.1, -0.05) is 47.3 Å². The fraction of sp³-hybridized carbons (Fsp3) is 0.250. The number of hydrogen-bond acceptors (Lipinski definition) is 8. The topological polar surface area (TPSA) is 90.1 Å². The maximum absolute atomic E-state index is 12.1. The van der Waals surface area contributed by atoms with Gasteiger partial charge in [-0.2, -0.15) is 0 Å². The highest BCUT2D eigenvalue weighted by Gasteiger charge is 2.13. The molecule has 0 radical (unpaired) electrons. The molecule has 0 aliphatic carbocycles. The first-order valence-electron chi connectivity index (χ1n) is 7.54. The average Bonchev–Trinajstić information content (AvgIpc) is 3.25. The van der Waals surface area contributed by atoms with Crippen molar-refractivity contribution in [2.75, 3.05) is 18.2 Å². The lowest BCUT2D eigenvalue weighted by molar-refractivity contribution is -0.115. The zero-order chi connectivity index (χ0) is 17.6. The van der Waals surface area contributed by atoms with E-state index in [4.69, 9.17) is 9.26 Å². The largest absolute Gasteiger partial charge is 0.497 e. The second-order valence-electron chi connectivity index (χ2n) is 4.95. The lowest BCUT2D eigenvalue weighted by atomic mass is 10.1. The number of aromatic nitrogens is 3. The van der Waals surface area contributed by atoms with E-state index >= 15 is 0 Å².